The smallest absolute Gasteiger partial charge is 0.146 e. The highest BCUT2D eigenvalue weighted by Gasteiger charge is 2.14. The highest BCUT2D eigenvalue weighted by molar-refractivity contribution is 5.44. The van der Waals surface area contributed by atoms with Crippen molar-refractivity contribution >= 4 is 5.69 Å². The van der Waals surface area contributed by atoms with Crippen LogP contribution in [0.15, 0.2) is 24.3 Å². The summed E-state index contributed by atoms with van der Waals surface area (Å²) in [5.41, 5.74) is 0.635. The van der Waals surface area contributed by atoms with Crippen LogP contribution in [0.5, 0.6) is 0 Å². The fraction of sp³-hybridized carbons (Fsp3) is 0.538. The SMILES string of the molecule is Fc1ccccc1NCCC1CCCC1. The van der Waals surface area contributed by atoms with Crippen LogP contribution in [0.4, 0.5) is 10.1 Å². The van der Waals surface area contributed by atoms with Crippen molar-refractivity contribution in [1.29, 1.82) is 0 Å². The van der Waals surface area contributed by atoms with Gasteiger partial charge >= 0.3 is 0 Å². The van der Waals surface area contributed by atoms with Gasteiger partial charge in [0.1, 0.15) is 5.82 Å². The molecule has 0 saturated heterocycles. The number of nitrogens with one attached hydrogen (secondary N) is 1. The van der Waals surface area contributed by atoms with Gasteiger partial charge in [-0.05, 0) is 24.5 Å². The van der Waals surface area contributed by atoms with E-state index < -0.39 is 0 Å². The fourth-order valence-corrected chi connectivity index (χ4v) is 2.31. The standard InChI is InChI=1S/C13H18FN/c14-12-7-3-4-8-13(12)15-10-9-11-5-1-2-6-11/h3-4,7-8,11,15H,1-2,5-6,9-10H2. The first-order valence-electron chi connectivity index (χ1n) is 5.84. The van der Waals surface area contributed by atoms with Crippen molar-refractivity contribution in [2.24, 2.45) is 5.92 Å². The van der Waals surface area contributed by atoms with E-state index >= 15 is 0 Å². The zero-order chi connectivity index (χ0) is 10.5. The van der Waals surface area contributed by atoms with E-state index in [0.29, 0.717) is 5.69 Å². The van der Waals surface area contributed by atoms with Crippen LogP contribution in [-0.2, 0) is 0 Å². The van der Waals surface area contributed by atoms with E-state index in [-0.39, 0.29) is 5.82 Å². The average Bonchev–Trinajstić information content (AvgIpc) is 2.74. The maximum Gasteiger partial charge on any atom is 0.146 e. The van der Waals surface area contributed by atoms with Crippen LogP contribution in [0.1, 0.15) is 32.1 Å². The van der Waals surface area contributed by atoms with Gasteiger partial charge in [-0.1, -0.05) is 37.8 Å². The maximum atomic E-state index is 13.2. The van der Waals surface area contributed by atoms with Crippen LogP contribution in [0.3, 0.4) is 0 Å². The molecular weight excluding hydrogens is 189 g/mol. The molecule has 0 aromatic heterocycles. The molecule has 1 fully saturated rings. The van der Waals surface area contributed by atoms with E-state index in [0.717, 1.165) is 12.5 Å². The third kappa shape index (κ3) is 2.95. The summed E-state index contributed by atoms with van der Waals surface area (Å²) in [6, 6.07) is 6.88. The Bertz CT molecular complexity index is 305. The van der Waals surface area contributed by atoms with Gasteiger partial charge in [0.05, 0.1) is 5.69 Å². The minimum Gasteiger partial charge on any atom is -0.383 e. The molecule has 1 aromatic rings. The number of halogens is 1. The lowest BCUT2D eigenvalue weighted by molar-refractivity contribution is 0.517. The molecule has 2 heteroatoms. The van der Waals surface area contributed by atoms with Crippen molar-refractivity contribution < 1.29 is 4.39 Å². The Morgan fingerprint density at radius 3 is 2.67 bits per heavy atom. The Labute approximate surface area is 90.7 Å². The second-order valence-corrected chi connectivity index (χ2v) is 4.35. The summed E-state index contributed by atoms with van der Waals surface area (Å²) in [7, 11) is 0. The van der Waals surface area contributed by atoms with Gasteiger partial charge in [0, 0.05) is 6.54 Å². The Morgan fingerprint density at radius 1 is 1.20 bits per heavy atom. The number of anilines is 1. The van der Waals surface area contributed by atoms with Crippen LogP contribution < -0.4 is 5.32 Å². The molecule has 15 heavy (non-hydrogen) atoms. The molecule has 1 aliphatic carbocycles. The summed E-state index contributed by atoms with van der Waals surface area (Å²) < 4.78 is 13.2. The second kappa shape index (κ2) is 5.15. The van der Waals surface area contributed by atoms with E-state index in [2.05, 4.69) is 5.32 Å². The summed E-state index contributed by atoms with van der Waals surface area (Å²) in [5.74, 6) is 0.716. The summed E-state index contributed by atoms with van der Waals surface area (Å²) in [4.78, 5) is 0. The number of para-hydroxylation sites is 1. The van der Waals surface area contributed by atoms with Gasteiger partial charge in [0.15, 0.2) is 0 Å². The van der Waals surface area contributed by atoms with Crippen molar-refractivity contribution in [2.75, 3.05) is 11.9 Å². The van der Waals surface area contributed by atoms with Crippen LogP contribution in [0, 0.1) is 11.7 Å². The van der Waals surface area contributed by atoms with Gasteiger partial charge in [-0.25, -0.2) is 4.39 Å². The molecule has 1 N–H and O–H groups in total. The number of hydrogen-bond donors (Lipinski definition) is 1. The van der Waals surface area contributed by atoms with Crippen molar-refractivity contribution in [2.45, 2.75) is 32.1 Å². The van der Waals surface area contributed by atoms with Gasteiger partial charge in [-0.15, -0.1) is 0 Å². The molecular formula is C13H18FN. The van der Waals surface area contributed by atoms with E-state index in [4.69, 9.17) is 0 Å². The first-order chi connectivity index (χ1) is 7.36. The molecule has 82 valence electrons. The molecule has 2 rings (SSSR count). The fourth-order valence-electron chi connectivity index (χ4n) is 2.31. The summed E-state index contributed by atoms with van der Waals surface area (Å²) in [6.07, 6.45) is 6.65. The third-order valence-corrected chi connectivity index (χ3v) is 3.22. The minimum atomic E-state index is -0.149. The molecule has 0 bridgehead atoms. The van der Waals surface area contributed by atoms with Crippen molar-refractivity contribution in [3.05, 3.63) is 30.1 Å². The maximum absolute atomic E-state index is 13.2. The van der Waals surface area contributed by atoms with Gasteiger partial charge in [-0.3, -0.25) is 0 Å². The van der Waals surface area contributed by atoms with Crippen molar-refractivity contribution in [1.82, 2.24) is 0 Å². The largest absolute Gasteiger partial charge is 0.383 e. The Kier molecular flexibility index (Phi) is 3.59. The summed E-state index contributed by atoms with van der Waals surface area (Å²) >= 11 is 0. The zero-order valence-corrected chi connectivity index (χ0v) is 9.01. The number of hydrogen-bond acceptors (Lipinski definition) is 1. The number of rotatable bonds is 4. The highest BCUT2D eigenvalue weighted by Crippen LogP contribution is 2.27. The molecule has 1 aromatic carbocycles. The monoisotopic (exact) mass is 207 g/mol. The van der Waals surface area contributed by atoms with Gasteiger partial charge in [0.25, 0.3) is 0 Å². The molecule has 0 atom stereocenters. The van der Waals surface area contributed by atoms with Crippen LogP contribution in [-0.4, -0.2) is 6.54 Å². The lowest BCUT2D eigenvalue weighted by atomic mass is 10.0. The van der Waals surface area contributed by atoms with Gasteiger partial charge < -0.3 is 5.32 Å². The minimum absolute atomic E-state index is 0.149. The van der Waals surface area contributed by atoms with Crippen molar-refractivity contribution in [3.63, 3.8) is 0 Å². The zero-order valence-electron chi connectivity index (χ0n) is 9.01. The van der Waals surface area contributed by atoms with Crippen LogP contribution in [0.2, 0.25) is 0 Å². The van der Waals surface area contributed by atoms with Gasteiger partial charge in [-0.2, -0.15) is 0 Å². The Balaban J connectivity index is 1.75. The molecule has 0 heterocycles. The van der Waals surface area contributed by atoms with Crippen LogP contribution in [0.25, 0.3) is 0 Å². The molecule has 0 amide bonds. The highest BCUT2D eigenvalue weighted by atomic mass is 19.1. The first kappa shape index (κ1) is 10.5. The van der Waals surface area contributed by atoms with Crippen molar-refractivity contribution in [3.8, 4) is 0 Å². The van der Waals surface area contributed by atoms with E-state index in [1.165, 1.54) is 38.2 Å². The lowest BCUT2D eigenvalue weighted by Gasteiger charge is -2.11. The lowest BCUT2D eigenvalue weighted by Crippen LogP contribution is -2.07. The Morgan fingerprint density at radius 2 is 1.93 bits per heavy atom. The average molecular weight is 207 g/mol. The topological polar surface area (TPSA) is 12.0 Å². The third-order valence-electron chi connectivity index (χ3n) is 3.22. The molecule has 1 aliphatic rings. The molecule has 0 aliphatic heterocycles. The van der Waals surface area contributed by atoms with E-state index in [1.54, 1.807) is 12.1 Å². The molecule has 0 unspecified atom stereocenters. The van der Waals surface area contributed by atoms with Crippen LogP contribution >= 0.6 is 0 Å². The predicted octanol–water partition coefficient (Wildman–Crippen LogP) is 3.82. The second-order valence-electron chi connectivity index (χ2n) is 4.35. The summed E-state index contributed by atoms with van der Waals surface area (Å²) in [5, 5.41) is 3.16. The molecule has 0 radical (unpaired) electrons. The Hall–Kier alpha value is -1.05. The normalized spacial score (nSPS) is 16.9. The van der Waals surface area contributed by atoms with E-state index in [1.807, 2.05) is 6.07 Å². The summed E-state index contributed by atoms with van der Waals surface area (Å²) in [6.45, 7) is 0.894. The molecule has 0 spiro atoms. The first-order valence-corrected chi connectivity index (χ1v) is 5.84. The van der Waals surface area contributed by atoms with E-state index in [9.17, 15) is 4.39 Å². The van der Waals surface area contributed by atoms with Gasteiger partial charge in [0.2, 0.25) is 0 Å². The molecule has 1 nitrogen and oxygen atoms in total. The quantitative estimate of drug-likeness (QED) is 0.791. The number of benzene rings is 1. The predicted molar refractivity (Wildman–Crippen MR) is 61.5 cm³/mol. The molecule has 1 saturated carbocycles.